The maximum atomic E-state index is 12.6. The molecule has 7 heteroatoms. The third-order valence-corrected chi connectivity index (χ3v) is 5.76. The fourth-order valence-electron chi connectivity index (χ4n) is 2.56. The van der Waals surface area contributed by atoms with Gasteiger partial charge in [0, 0.05) is 25.5 Å². The van der Waals surface area contributed by atoms with E-state index in [-0.39, 0.29) is 12.3 Å². The third-order valence-electron chi connectivity index (χ3n) is 3.63. The summed E-state index contributed by atoms with van der Waals surface area (Å²) in [5.74, 6) is -0.0480. The van der Waals surface area contributed by atoms with E-state index < -0.39 is 26.8 Å². The van der Waals surface area contributed by atoms with E-state index in [1.54, 1.807) is 45.3 Å². The molecule has 0 N–H and O–H groups in total. The van der Waals surface area contributed by atoms with Gasteiger partial charge in [-0.3, -0.25) is 4.98 Å². The van der Waals surface area contributed by atoms with Gasteiger partial charge in [0.2, 0.25) is 0 Å². The Morgan fingerprint density at radius 2 is 2.17 bits per heavy atom. The molecule has 0 radical (unpaired) electrons. The zero-order chi connectivity index (χ0) is 17.1. The highest BCUT2D eigenvalue weighted by Crippen LogP contribution is 2.22. The summed E-state index contributed by atoms with van der Waals surface area (Å²) >= 11 is 0. The Labute approximate surface area is 137 Å². The van der Waals surface area contributed by atoms with Crippen molar-refractivity contribution in [2.75, 3.05) is 13.1 Å². The summed E-state index contributed by atoms with van der Waals surface area (Å²) in [5, 5.41) is -0.552. The number of carbonyl (C=O) groups is 1. The molecule has 0 aliphatic carbocycles. The van der Waals surface area contributed by atoms with Crippen molar-refractivity contribution >= 4 is 15.9 Å². The van der Waals surface area contributed by atoms with Crippen LogP contribution >= 0.6 is 0 Å². The molecule has 1 saturated heterocycles. The Bertz CT molecular complexity index is 638. The summed E-state index contributed by atoms with van der Waals surface area (Å²) < 4.78 is 30.5. The lowest BCUT2D eigenvalue weighted by atomic mass is 10.1. The van der Waals surface area contributed by atoms with E-state index in [9.17, 15) is 13.2 Å². The Hall–Kier alpha value is -1.63. The molecule has 6 nitrogen and oxygen atoms in total. The number of nitrogens with zero attached hydrogens (tertiary/aromatic N) is 2. The molecular weight excluding hydrogens is 316 g/mol. The molecule has 0 aromatic carbocycles. The number of piperidine rings is 1. The van der Waals surface area contributed by atoms with Gasteiger partial charge >= 0.3 is 6.09 Å². The standard InChI is InChI=1S/C16H24N2O4S/c1-16(2,3)22-15(19)18-9-5-7-14(11-18)23(20,21)12-13-6-4-8-17-10-13/h4,6,8,10,14H,5,7,9,11-12H2,1-3H3/t14-/m1/s1. The molecule has 1 fully saturated rings. The Morgan fingerprint density at radius 3 is 2.78 bits per heavy atom. The first kappa shape index (κ1) is 17.7. The summed E-state index contributed by atoms with van der Waals surface area (Å²) in [6.45, 7) is 6.12. The van der Waals surface area contributed by atoms with E-state index in [2.05, 4.69) is 4.98 Å². The molecule has 0 bridgehead atoms. The predicted octanol–water partition coefficient (Wildman–Crippen LogP) is 2.40. The lowest BCUT2D eigenvalue weighted by Crippen LogP contribution is -2.47. The Balaban J connectivity index is 2.04. The predicted molar refractivity (Wildman–Crippen MR) is 87.7 cm³/mol. The SMILES string of the molecule is CC(C)(C)OC(=O)N1CCC[C@@H](S(=O)(=O)Cc2cccnc2)C1. The number of rotatable bonds is 3. The number of ether oxygens (including phenoxy) is 1. The second kappa shape index (κ2) is 6.86. The number of hydrogen-bond donors (Lipinski definition) is 0. The lowest BCUT2D eigenvalue weighted by Gasteiger charge is -2.33. The fourth-order valence-corrected chi connectivity index (χ4v) is 4.36. The molecule has 1 amide bonds. The number of hydrogen-bond acceptors (Lipinski definition) is 5. The monoisotopic (exact) mass is 340 g/mol. The zero-order valence-corrected chi connectivity index (χ0v) is 14.7. The van der Waals surface area contributed by atoms with Gasteiger partial charge in [-0.05, 0) is 45.2 Å². The van der Waals surface area contributed by atoms with Crippen LogP contribution in [0.3, 0.4) is 0 Å². The van der Waals surface area contributed by atoms with Gasteiger partial charge in [0.15, 0.2) is 9.84 Å². The molecule has 1 atom stereocenters. The van der Waals surface area contributed by atoms with Crippen LogP contribution in [0.25, 0.3) is 0 Å². The van der Waals surface area contributed by atoms with Crippen LogP contribution in [0.4, 0.5) is 4.79 Å². The van der Waals surface area contributed by atoms with Crippen molar-refractivity contribution in [3.63, 3.8) is 0 Å². The van der Waals surface area contributed by atoms with Crippen molar-refractivity contribution in [2.45, 2.75) is 50.2 Å². The highest BCUT2D eigenvalue weighted by molar-refractivity contribution is 7.91. The van der Waals surface area contributed by atoms with Crippen molar-refractivity contribution in [1.82, 2.24) is 9.88 Å². The minimum absolute atomic E-state index is 0.0480. The molecule has 1 aliphatic heterocycles. The van der Waals surface area contributed by atoms with Crippen LogP contribution in [0.15, 0.2) is 24.5 Å². The number of pyridine rings is 1. The normalized spacial score (nSPS) is 19.4. The Morgan fingerprint density at radius 1 is 1.43 bits per heavy atom. The number of amides is 1. The molecule has 1 aliphatic rings. The molecule has 0 unspecified atom stereocenters. The van der Waals surface area contributed by atoms with Gasteiger partial charge in [-0.2, -0.15) is 0 Å². The van der Waals surface area contributed by atoms with Gasteiger partial charge in [-0.25, -0.2) is 13.2 Å². The molecule has 0 spiro atoms. The molecule has 2 rings (SSSR count). The smallest absolute Gasteiger partial charge is 0.410 e. The van der Waals surface area contributed by atoms with Crippen molar-refractivity contribution in [1.29, 1.82) is 0 Å². The minimum atomic E-state index is -3.34. The molecule has 2 heterocycles. The quantitative estimate of drug-likeness (QED) is 0.844. The van der Waals surface area contributed by atoms with Gasteiger partial charge in [0.05, 0.1) is 11.0 Å². The van der Waals surface area contributed by atoms with E-state index >= 15 is 0 Å². The van der Waals surface area contributed by atoms with Crippen molar-refractivity contribution < 1.29 is 17.9 Å². The number of likely N-dealkylation sites (tertiary alicyclic amines) is 1. The van der Waals surface area contributed by atoms with E-state index in [0.29, 0.717) is 24.9 Å². The van der Waals surface area contributed by atoms with Crippen LogP contribution in [0.1, 0.15) is 39.2 Å². The average Bonchev–Trinajstić information content (AvgIpc) is 2.46. The first-order valence-corrected chi connectivity index (χ1v) is 9.47. The van der Waals surface area contributed by atoms with Gasteiger partial charge in [-0.1, -0.05) is 6.07 Å². The first-order valence-electron chi connectivity index (χ1n) is 7.76. The second-order valence-corrected chi connectivity index (χ2v) is 9.14. The van der Waals surface area contributed by atoms with Gasteiger partial charge in [0.25, 0.3) is 0 Å². The van der Waals surface area contributed by atoms with Crippen LogP contribution in [-0.2, 0) is 20.3 Å². The minimum Gasteiger partial charge on any atom is -0.444 e. The maximum Gasteiger partial charge on any atom is 0.410 e. The first-order chi connectivity index (χ1) is 10.7. The summed E-state index contributed by atoms with van der Waals surface area (Å²) in [6, 6.07) is 3.47. The molecular formula is C16H24N2O4S. The molecule has 1 aromatic heterocycles. The molecule has 128 valence electrons. The van der Waals surface area contributed by atoms with Crippen LogP contribution in [0, 0.1) is 0 Å². The van der Waals surface area contributed by atoms with Crippen molar-refractivity contribution in [2.24, 2.45) is 0 Å². The average molecular weight is 340 g/mol. The number of aromatic nitrogens is 1. The number of sulfone groups is 1. The molecule has 1 aromatic rings. The highest BCUT2D eigenvalue weighted by atomic mass is 32.2. The van der Waals surface area contributed by atoms with Gasteiger partial charge in [-0.15, -0.1) is 0 Å². The largest absolute Gasteiger partial charge is 0.444 e. The van der Waals surface area contributed by atoms with Gasteiger partial charge < -0.3 is 9.64 Å². The maximum absolute atomic E-state index is 12.6. The fraction of sp³-hybridized carbons (Fsp3) is 0.625. The summed E-state index contributed by atoms with van der Waals surface area (Å²) in [5.41, 5.74) is 0.0837. The van der Waals surface area contributed by atoms with Crippen LogP contribution in [0.5, 0.6) is 0 Å². The second-order valence-electron chi connectivity index (χ2n) is 6.86. The van der Waals surface area contributed by atoms with Crippen molar-refractivity contribution in [3.8, 4) is 0 Å². The van der Waals surface area contributed by atoms with E-state index in [0.717, 1.165) is 0 Å². The van der Waals surface area contributed by atoms with Crippen molar-refractivity contribution in [3.05, 3.63) is 30.1 Å². The molecule has 0 saturated carbocycles. The summed E-state index contributed by atoms with van der Waals surface area (Å²) in [6.07, 6.45) is 3.96. The molecule has 23 heavy (non-hydrogen) atoms. The third kappa shape index (κ3) is 5.20. The van der Waals surface area contributed by atoms with E-state index in [1.807, 2.05) is 0 Å². The van der Waals surface area contributed by atoms with Crippen LogP contribution in [0.2, 0.25) is 0 Å². The lowest BCUT2D eigenvalue weighted by molar-refractivity contribution is 0.0219. The van der Waals surface area contributed by atoms with E-state index in [1.165, 1.54) is 4.90 Å². The summed E-state index contributed by atoms with van der Waals surface area (Å²) in [4.78, 5) is 17.6. The van der Waals surface area contributed by atoms with Gasteiger partial charge in [0.1, 0.15) is 5.60 Å². The Kier molecular flexibility index (Phi) is 5.29. The van der Waals surface area contributed by atoms with Crippen LogP contribution in [-0.4, -0.2) is 48.3 Å². The highest BCUT2D eigenvalue weighted by Gasteiger charge is 2.34. The number of carbonyl (C=O) groups excluding carboxylic acids is 1. The van der Waals surface area contributed by atoms with E-state index in [4.69, 9.17) is 4.74 Å². The topological polar surface area (TPSA) is 76.6 Å². The summed E-state index contributed by atoms with van der Waals surface area (Å²) in [7, 11) is -3.34. The zero-order valence-electron chi connectivity index (χ0n) is 13.9. The van der Waals surface area contributed by atoms with Crippen LogP contribution < -0.4 is 0 Å².